The van der Waals surface area contributed by atoms with Crippen LogP contribution in [0.4, 0.5) is 0 Å². The second-order valence-corrected chi connectivity index (χ2v) is 0.671. The molecule has 0 saturated carbocycles. The molecule has 4 heavy (non-hydrogen) atoms. The van der Waals surface area contributed by atoms with Crippen LogP contribution in [0.3, 0.4) is 0 Å². The fourth-order valence-electron chi connectivity index (χ4n) is 0. The van der Waals surface area contributed by atoms with Gasteiger partial charge >= 0.3 is 0 Å². The molecule has 28 valence electrons. The van der Waals surface area contributed by atoms with Gasteiger partial charge in [-0.15, -0.1) is 0 Å². The van der Waals surface area contributed by atoms with Gasteiger partial charge in [0.25, 0.3) is 0 Å². The maximum atomic E-state index is 3.75. The Hall–Kier alpha value is 0.622. The van der Waals surface area contributed by atoms with Crippen molar-refractivity contribution < 1.29 is 20.4 Å². The zero-order valence-electron chi connectivity index (χ0n) is 2.18. The van der Waals surface area contributed by atoms with Gasteiger partial charge in [-0.1, -0.05) is 0 Å². The molecular formula is C2H4NPd-. The Bertz CT molecular complexity index is 10.8. The van der Waals surface area contributed by atoms with Crippen LogP contribution in [-0.2, 0) is 20.4 Å². The molecule has 0 aromatic heterocycles. The molecule has 0 unspecified atom stereocenters. The van der Waals surface area contributed by atoms with Crippen LogP contribution in [0.5, 0.6) is 0 Å². The van der Waals surface area contributed by atoms with E-state index in [4.69, 9.17) is 0 Å². The monoisotopic (exact) mass is 148 g/mol. The molecule has 0 atom stereocenters. The molecule has 0 spiro atoms. The van der Waals surface area contributed by atoms with Crippen LogP contribution >= 0.6 is 0 Å². The Labute approximate surface area is 39.4 Å². The van der Waals surface area contributed by atoms with Gasteiger partial charge in [-0.3, -0.25) is 0 Å². The van der Waals surface area contributed by atoms with Crippen molar-refractivity contribution in [2.45, 2.75) is 0 Å². The van der Waals surface area contributed by atoms with E-state index in [1.165, 1.54) is 0 Å². The standard InChI is InChI=1S/C2H4N.Pd/c1-2-3-1;/h1-2H2;/q-1;. The predicted molar refractivity (Wildman–Crippen MR) is 13.1 cm³/mol. The summed E-state index contributed by atoms with van der Waals surface area (Å²) in [7, 11) is 0. The maximum Gasteiger partial charge on any atom is 0 e. The summed E-state index contributed by atoms with van der Waals surface area (Å²) >= 11 is 0. The Balaban J connectivity index is 0.0000000900. The molecule has 0 aliphatic carbocycles. The second-order valence-electron chi connectivity index (χ2n) is 0.671. The third kappa shape index (κ3) is 2.62. The van der Waals surface area contributed by atoms with E-state index in [1.54, 1.807) is 0 Å². The van der Waals surface area contributed by atoms with Gasteiger partial charge in [0.05, 0.1) is 0 Å². The first-order valence-electron chi connectivity index (χ1n) is 1.13. The molecule has 2 heteroatoms. The number of hydrogen-bond acceptors (Lipinski definition) is 0. The van der Waals surface area contributed by atoms with Gasteiger partial charge in [0.2, 0.25) is 0 Å². The number of hydrogen-bond donors (Lipinski definition) is 0. The first kappa shape index (κ1) is 4.62. The SMILES string of the molecule is C1C[N-]1.[Pd]. The van der Waals surface area contributed by atoms with E-state index in [0.29, 0.717) is 0 Å². The normalized spacial score (nSPS) is 18.0. The van der Waals surface area contributed by atoms with Crippen molar-refractivity contribution in [3.63, 3.8) is 0 Å². The summed E-state index contributed by atoms with van der Waals surface area (Å²) in [6.45, 7) is 2.25. The summed E-state index contributed by atoms with van der Waals surface area (Å²) in [5.41, 5.74) is 0. The maximum absolute atomic E-state index is 3.75. The van der Waals surface area contributed by atoms with E-state index in [2.05, 4.69) is 5.32 Å². The summed E-state index contributed by atoms with van der Waals surface area (Å²) in [5.74, 6) is 0. The van der Waals surface area contributed by atoms with Crippen LogP contribution in [0.15, 0.2) is 0 Å². The van der Waals surface area contributed by atoms with Crippen LogP contribution in [0.25, 0.3) is 5.32 Å². The molecule has 0 radical (unpaired) electrons. The van der Waals surface area contributed by atoms with E-state index < -0.39 is 0 Å². The molecule has 1 fully saturated rings. The fraction of sp³-hybridized carbons (Fsp3) is 1.00. The van der Waals surface area contributed by atoms with Gasteiger partial charge in [-0.25, -0.2) is 0 Å². The van der Waals surface area contributed by atoms with Crippen LogP contribution in [0.2, 0.25) is 0 Å². The smallest absolute Gasteiger partial charge is 0 e. The molecule has 1 nitrogen and oxygen atoms in total. The Kier molecular flexibility index (Phi) is 2.19. The molecule has 1 rings (SSSR count). The average Bonchev–Trinajstić information content (AvgIpc) is 1.46. The number of rotatable bonds is 0. The predicted octanol–water partition coefficient (Wildman–Crippen LogP) is 0.371. The molecule has 0 N–H and O–H groups in total. The minimum Gasteiger partial charge on any atom is -0.665 e. The average molecular weight is 148 g/mol. The first-order valence-corrected chi connectivity index (χ1v) is 1.13. The fourth-order valence-corrected chi connectivity index (χ4v) is 0. The van der Waals surface area contributed by atoms with Crippen LogP contribution in [0, 0.1) is 0 Å². The quantitative estimate of drug-likeness (QED) is 0.348. The van der Waals surface area contributed by atoms with Gasteiger partial charge in [0.1, 0.15) is 0 Å². The largest absolute Gasteiger partial charge is 0.665 e. The molecule has 0 amide bonds. The Morgan fingerprint density at radius 3 is 1.50 bits per heavy atom. The number of nitrogens with zero attached hydrogens (tertiary/aromatic N) is 1. The summed E-state index contributed by atoms with van der Waals surface area (Å²) in [6.07, 6.45) is 0. The molecule has 0 aromatic carbocycles. The molecule has 1 aliphatic heterocycles. The summed E-state index contributed by atoms with van der Waals surface area (Å²) < 4.78 is 0. The van der Waals surface area contributed by atoms with Crippen molar-refractivity contribution in [2.24, 2.45) is 0 Å². The third-order valence-electron chi connectivity index (χ3n) is 0.224. The Morgan fingerprint density at radius 1 is 1.25 bits per heavy atom. The Morgan fingerprint density at radius 2 is 1.50 bits per heavy atom. The van der Waals surface area contributed by atoms with E-state index in [0.717, 1.165) is 13.1 Å². The van der Waals surface area contributed by atoms with E-state index >= 15 is 0 Å². The topological polar surface area (TPSA) is 14.1 Å². The second kappa shape index (κ2) is 1.90. The summed E-state index contributed by atoms with van der Waals surface area (Å²) in [5, 5.41) is 3.75. The molecule has 1 aliphatic rings. The van der Waals surface area contributed by atoms with Gasteiger partial charge in [-0.05, 0) is 0 Å². The molecule has 1 saturated heterocycles. The molecule has 0 aromatic rings. The zero-order chi connectivity index (χ0) is 2.12. The molecule has 0 bridgehead atoms. The van der Waals surface area contributed by atoms with E-state index in [9.17, 15) is 0 Å². The van der Waals surface area contributed by atoms with Crippen LogP contribution < -0.4 is 0 Å². The van der Waals surface area contributed by atoms with Crippen molar-refractivity contribution in [1.82, 2.24) is 0 Å². The summed E-state index contributed by atoms with van der Waals surface area (Å²) in [6, 6.07) is 0. The zero-order valence-corrected chi connectivity index (χ0v) is 3.73. The third-order valence-corrected chi connectivity index (χ3v) is 0.224. The van der Waals surface area contributed by atoms with Gasteiger partial charge in [0.15, 0.2) is 0 Å². The van der Waals surface area contributed by atoms with Gasteiger partial charge < -0.3 is 5.32 Å². The van der Waals surface area contributed by atoms with Crippen molar-refractivity contribution >= 4 is 0 Å². The van der Waals surface area contributed by atoms with E-state index in [-0.39, 0.29) is 20.4 Å². The minimum atomic E-state index is 0. The molecular weight excluding hydrogens is 144 g/mol. The van der Waals surface area contributed by atoms with Crippen molar-refractivity contribution in [1.29, 1.82) is 0 Å². The van der Waals surface area contributed by atoms with Crippen LogP contribution in [-0.4, -0.2) is 13.1 Å². The summed E-state index contributed by atoms with van der Waals surface area (Å²) in [4.78, 5) is 0. The van der Waals surface area contributed by atoms with Crippen molar-refractivity contribution in [2.75, 3.05) is 13.1 Å². The minimum absolute atomic E-state index is 0. The van der Waals surface area contributed by atoms with Gasteiger partial charge in [-0.2, -0.15) is 13.1 Å². The van der Waals surface area contributed by atoms with Gasteiger partial charge in [0, 0.05) is 20.4 Å². The van der Waals surface area contributed by atoms with Crippen molar-refractivity contribution in [3.8, 4) is 0 Å². The first-order chi connectivity index (χ1) is 1.50. The van der Waals surface area contributed by atoms with E-state index in [1.807, 2.05) is 0 Å². The van der Waals surface area contributed by atoms with Crippen LogP contribution in [0.1, 0.15) is 0 Å². The van der Waals surface area contributed by atoms with Crippen molar-refractivity contribution in [3.05, 3.63) is 5.32 Å². The molecule has 1 heterocycles.